The molecule has 0 aromatic heterocycles. The van der Waals surface area contributed by atoms with Crippen molar-refractivity contribution in [3.8, 4) is 0 Å². The number of hydrogen-bond donors (Lipinski definition) is 2. The highest BCUT2D eigenvalue weighted by Crippen LogP contribution is 2.04. The molecule has 0 aromatic rings. The Morgan fingerprint density at radius 1 is 0.962 bits per heavy atom. The van der Waals surface area contributed by atoms with Gasteiger partial charge in [-0.2, -0.15) is 0 Å². The van der Waals surface area contributed by atoms with Gasteiger partial charge < -0.3 is 19.7 Å². The molecule has 26 heavy (non-hydrogen) atoms. The normalized spacial score (nSPS) is 12.4. The molecule has 0 spiro atoms. The van der Waals surface area contributed by atoms with E-state index in [1.807, 2.05) is 6.92 Å². The number of aliphatic carboxylic acids is 2. The van der Waals surface area contributed by atoms with Crippen LogP contribution in [-0.2, 0) is 28.7 Å². The molecule has 0 rings (SSSR count). The van der Waals surface area contributed by atoms with Crippen molar-refractivity contribution in [1.29, 1.82) is 0 Å². The fourth-order valence-electron chi connectivity index (χ4n) is 1.25. The summed E-state index contributed by atoms with van der Waals surface area (Å²) in [7, 11) is 0. The highest BCUT2D eigenvalue weighted by Gasteiger charge is 2.07. The Kier molecular flexibility index (Phi) is 14.8. The van der Waals surface area contributed by atoms with Crippen LogP contribution in [0.2, 0.25) is 0 Å². The van der Waals surface area contributed by atoms with Crippen molar-refractivity contribution in [3.63, 3.8) is 0 Å². The van der Waals surface area contributed by atoms with Gasteiger partial charge in [0, 0.05) is 24.3 Å². The molecule has 2 unspecified atom stereocenters. The van der Waals surface area contributed by atoms with Crippen molar-refractivity contribution in [2.24, 2.45) is 5.92 Å². The van der Waals surface area contributed by atoms with Crippen LogP contribution < -0.4 is 0 Å². The average molecular weight is 368 g/mol. The molecule has 0 amide bonds. The number of allylic oxidation sites excluding steroid dienone is 2. The highest BCUT2D eigenvalue weighted by atomic mass is 16.6. The van der Waals surface area contributed by atoms with Gasteiger partial charge in [-0.05, 0) is 19.3 Å². The van der Waals surface area contributed by atoms with Crippen molar-refractivity contribution in [2.45, 2.75) is 26.4 Å². The molecule has 0 bridgehead atoms. The first-order valence-electron chi connectivity index (χ1n) is 7.55. The van der Waals surface area contributed by atoms with Gasteiger partial charge in [-0.1, -0.05) is 32.2 Å². The number of carbonyl (C=O) groups is 4. The Balaban J connectivity index is 0. The molecule has 0 aliphatic carbocycles. The number of carbonyl (C=O) groups excluding carboxylic acids is 2. The lowest BCUT2D eigenvalue weighted by Gasteiger charge is -2.10. The molecule has 8 nitrogen and oxygen atoms in total. The molecular formula is C18H24O8. The first kappa shape index (κ1) is 25.1. The van der Waals surface area contributed by atoms with Crippen LogP contribution >= 0.6 is 0 Å². The zero-order chi connectivity index (χ0) is 20.5. The molecule has 0 aliphatic rings. The Labute approximate surface area is 152 Å². The van der Waals surface area contributed by atoms with Crippen molar-refractivity contribution in [2.75, 3.05) is 6.61 Å². The fourth-order valence-corrected chi connectivity index (χ4v) is 1.25. The lowest BCUT2D eigenvalue weighted by Crippen LogP contribution is -2.20. The molecule has 0 heterocycles. The van der Waals surface area contributed by atoms with E-state index in [1.165, 1.54) is 12.2 Å². The third kappa shape index (κ3) is 18.9. The second-order valence-electron chi connectivity index (χ2n) is 4.94. The van der Waals surface area contributed by atoms with E-state index in [0.29, 0.717) is 6.42 Å². The largest absolute Gasteiger partial charge is 0.478 e. The third-order valence-corrected chi connectivity index (χ3v) is 2.45. The van der Waals surface area contributed by atoms with E-state index in [0.717, 1.165) is 24.3 Å². The molecule has 2 atom stereocenters. The second kappa shape index (κ2) is 15.4. The highest BCUT2D eigenvalue weighted by molar-refractivity contribution is 5.82. The minimum absolute atomic E-state index is 0.0183. The summed E-state index contributed by atoms with van der Waals surface area (Å²) in [4.78, 5) is 41.3. The summed E-state index contributed by atoms with van der Waals surface area (Å²) in [5.41, 5.74) is 0. The van der Waals surface area contributed by atoms with Gasteiger partial charge in [-0.25, -0.2) is 19.2 Å². The average Bonchev–Trinajstić information content (AvgIpc) is 2.57. The van der Waals surface area contributed by atoms with Gasteiger partial charge in [-0.3, -0.25) is 0 Å². The molecule has 0 saturated heterocycles. The van der Waals surface area contributed by atoms with E-state index in [9.17, 15) is 19.2 Å². The molecule has 0 aliphatic heterocycles. The Morgan fingerprint density at radius 2 is 1.50 bits per heavy atom. The van der Waals surface area contributed by atoms with Gasteiger partial charge >= 0.3 is 23.9 Å². The molecule has 144 valence electrons. The minimum Gasteiger partial charge on any atom is -0.478 e. The lowest BCUT2D eigenvalue weighted by atomic mass is 10.1. The molecule has 8 heteroatoms. The summed E-state index contributed by atoms with van der Waals surface area (Å²) in [6, 6.07) is 0. The standard InChI is InChI=1S/2C9H12O4/c1-4-8(10)12-6-7(3)13-9(11)5-2;1-7(5-6-9(12)13)3-2-4-8(10)11/h4-5,7H,1-2,6H2,3H3;2,4-7H,3H2,1H3,(H,10,11)(H,12,13). The summed E-state index contributed by atoms with van der Waals surface area (Å²) in [6.45, 7) is 9.88. The molecule has 2 N–H and O–H groups in total. The minimum atomic E-state index is -0.992. The van der Waals surface area contributed by atoms with E-state index in [2.05, 4.69) is 17.9 Å². The maximum atomic E-state index is 10.6. The zero-order valence-corrected chi connectivity index (χ0v) is 14.8. The van der Waals surface area contributed by atoms with Crippen LogP contribution in [0.5, 0.6) is 0 Å². The summed E-state index contributed by atoms with van der Waals surface area (Å²) >= 11 is 0. The van der Waals surface area contributed by atoms with Gasteiger partial charge in [0.25, 0.3) is 0 Å². The summed E-state index contributed by atoms with van der Waals surface area (Å²) in [5.74, 6) is -3.03. The molecule has 0 aromatic carbocycles. The first-order valence-corrected chi connectivity index (χ1v) is 7.55. The monoisotopic (exact) mass is 368 g/mol. The number of carboxylic acids is 2. The number of esters is 2. The smallest absolute Gasteiger partial charge is 0.330 e. The lowest BCUT2D eigenvalue weighted by molar-refractivity contribution is -0.151. The SMILES string of the molecule is C=CC(=O)OCC(C)OC(=O)C=C.CC(C=CC(=O)O)CC=CC(=O)O. The topological polar surface area (TPSA) is 127 Å². The van der Waals surface area contributed by atoms with Gasteiger partial charge in [0.05, 0.1) is 0 Å². The fraction of sp³-hybridized carbons (Fsp3) is 0.333. The predicted molar refractivity (Wildman–Crippen MR) is 94.2 cm³/mol. The first-order chi connectivity index (χ1) is 12.1. The zero-order valence-electron chi connectivity index (χ0n) is 14.8. The van der Waals surface area contributed by atoms with E-state index in [1.54, 1.807) is 6.92 Å². The van der Waals surface area contributed by atoms with Crippen LogP contribution in [0.25, 0.3) is 0 Å². The van der Waals surface area contributed by atoms with Crippen LogP contribution in [0.3, 0.4) is 0 Å². The van der Waals surface area contributed by atoms with Gasteiger partial charge in [0.2, 0.25) is 0 Å². The van der Waals surface area contributed by atoms with E-state index >= 15 is 0 Å². The maximum Gasteiger partial charge on any atom is 0.330 e. The van der Waals surface area contributed by atoms with Crippen molar-refractivity contribution >= 4 is 23.9 Å². The van der Waals surface area contributed by atoms with Crippen LogP contribution in [0.15, 0.2) is 49.6 Å². The van der Waals surface area contributed by atoms with Crippen LogP contribution in [0.1, 0.15) is 20.3 Å². The molecule has 0 saturated carbocycles. The summed E-state index contributed by atoms with van der Waals surface area (Å²) in [6.07, 6.45) is 7.26. The summed E-state index contributed by atoms with van der Waals surface area (Å²) in [5, 5.41) is 16.5. The quantitative estimate of drug-likeness (QED) is 0.443. The Hall–Kier alpha value is -3.16. The van der Waals surface area contributed by atoms with E-state index in [4.69, 9.17) is 14.9 Å². The predicted octanol–water partition coefficient (Wildman–Crippen LogP) is 2.13. The van der Waals surface area contributed by atoms with E-state index in [-0.39, 0.29) is 12.5 Å². The maximum absolute atomic E-state index is 10.6. The van der Waals surface area contributed by atoms with Gasteiger partial charge in [0.15, 0.2) is 0 Å². The third-order valence-electron chi connectivity index (χ3n) is 2.45. The Morgan fingerprint density at radius 3 is 1.96 bits per heavy atom. The number of ether oxygens (including phenoxy) is 2. The van der Waals surface area contributed by atoms with Gasteiger partial charge in [0.1, 0.15) is 12.7 Å². The van der Waals surface area contributed by atoms with Crippen molar-refractivity contribution in [1.82, 2.24) is 0 Å². The molecule has 0 fully saturated rings. The van der Waals surface area contributed by atoms with Crippen LogP contribution in [-0.4, -0.2) is 46.8 Å². The molecule has 0 radical (unpaired) electrons. The molecular weight excluding hydrogens is 344 g/mol. The number of carboxylic acid groups (broad SMARTS) is 2. The second-order valence-corrected chi connectivity index (χ2v) is 4.94. The summed E-state index contributed by atoms with van der Waals surface area (Å²) < 4.78 is 9.36. The van der Waals surface area contributed by atoms with Gasteiger partial charge in [-0.15, -0.1) is 0 Å². The van der Waals surface area contributed by atoms with Crippen molar-refractivity contribution in [3.05, 3.63) is 49.6 Å². The van der Waals surface area contributed by atoms with Crippen LogP contribution in [0.4, 0.5) is 0 Å². The Bertz CT molecular complexity index is 560. The van der Waals surface area contributed by atoms with E-state index < -0.39 is 30.0 Å². The van der Waals surface area contributed by atoms with Crippen molar-refractivity contribution < 1.29 is 38.9 Å². The number of rotatable bonds is 10. The van der Waals surface area contributed by atoms with Crippen LogP contribution in [0, 0.1) is 5.92 Å². The number of hydrogen-bond acceptors (Lipinski definition) is 6.